The predicted molar refractivity (Wildman–Crippen MR) is 33.6 cm³/mol. The molecule has 1 atom stereocenters. The first-order chi connectivity index (χ1) is 4.17. The van der Waals surface area contributed by atoms with E-state index in [1.54, 1.807) is 0 Å². The van der Waals surface area contributed by atoms with Crippen molar-refractivity contribution in [1.29, 1.82) is 5.26 Å². The van der Waals surface area contributed by atoms with Gasteiger partial charge in [-0.15, -0.1) is 0 Å². The van der Waals surface area contributed by atoms with Crippen molar-refractivity contribution < 1.29 is 10.2 Å². The molecule has 1 aliphatic rings. The lowest BCUT2D eigenvalue weighted by atomic mass is 10.1. The predicted octanol–water partition coefficient (Wildman–Crippen LogP) is -0.446. The topological polar surface area (TPSA) is 64.2 Å². The fourth-order valence-electron chi connectivity index (χ4n) is 0.702. The number of nitriles is 1. The Hall–Kier alpha value is -0.240. The first-order valence-corrected chi connectivity index (χ1v) is 3.74. The average molecular weight is 145 g/mol. The van der Waals surface area contributed by atoms with E-state index in [1.165, 1.54) is 11.8 Å². The number of rotatable bonds is 0. The average Bonchev–Trinajstić information content (AvgIpc) is 2.08. The molecule has 1 aliphatic heterocycles. The third kappa shape index (κ3) is 1.18. The smallest absolute Gasteiger partial charge is 0.188 e. The molecule has 1 fully saturated rings. The first kappa shape index (κ1) is 6.87. The van der Waals surface area contributed by atoms with Crippen LogP contribution in [0.4, 0.5) is 0 Å². The van der Waals surface area contributed by atoms with E-state index in [4.69, 9.17) is 15.5 Å². The quantitative estimate of drug-likeness (QED) is 0.453. The van der Waals surface area contributed by atoms with Gasteiger partial charge in [0.1, 0.15) is 5.92 Å². The Kier molecular flexibility index (Phi) is 1.66. The van der Waals surface area contributed by atoms with E-state index < -0.39 is 11.7 Å². The van der Waals surface area contributed by atoms with Crippen LogP contribution in [-0.2, 0) is 0 Å². The largest absolute Gasteiger partial charge is 0.364 e. The third-order valence-electron chi connectivity index (χ3n) is 1.31. The number of nitrogens with zero attached hydrogens (tertiary/aromatic N) is 1. The van der Waals surface area contributed by atoms with Gasteiger partial charge in [0.2, 0.25) is 0 Å². The molecule has 0 spiro atoms. The Morgan fingerprint density at radius 2 is 2.33 bits per heavy atom. The van der Waals surface area contributed by atoms with E-state index in [-0.39, 0.29) is 5.75 Å². The standard InChI is InChI=1S/C5H7NO2S/c6-1-4-2-9-3-5(4,7)8/h4,7-8H,2-3H2. The SMILES string of the molecule is N#CC1CSCC1(O)O. The van der Waals surface area contributed by atoms with Crippen LogP contribution < -0.4 is 0 Å². The molecule has 1 saturated heterocycles. The van der Waals surface area contributed by atoms with Gasteiger partial charge in [0, 0.05) is 11.5 Å². The van der Waals surface area contributed by atoms with Gasteiger partial charge in [-0.05, 0) is 0 Å². The van der Waals surface area contributed by atoms with Crippen molar-refractivity contribution in [2.24, 2.45) is 5.92 Å². The lowest BCUT2D eigenvalue weighted by Crippen LogP contribution is -2.35. The molecule has 1 unspecified atom stereocenters. The second-order valence-corrected chi connectivity index (χ2v) is 3.11. The van der Waals surface area contributed by atoms with Crippen molar-refractivity contribution in [2.45, 2.75) is 5.79 Å². The molecule has 0 aromatic heterocycles. The fourth-order valence-corrected chi connectivity index (χ4v) is 1.90. The highest BCUT2D eigenvalue weighted by Crippen LogP contribution is 2.30. The van der Waals surface area contributed by atoms with E-state index in [2.05, 4.69) is 0 Å². The molecule has 9 heavy (non-hydrogen) atoms. The molecule has 0 bridgehead atoms. The van der Waals surface area contributed by atoms with E-state index in [0.717, 1.165) is 0 Å². The highest BCUT2D eigenvalue weighted by atomic mass is 32.2. The lowest BCUT2D eigenvalue weighted by molar-refractivity contribution is -0.156. The van der Waals surface area contributed by atoms with Gasteiger partial charge < -0.3 is 10.2 Å². The highest BCUT2D eigenvalue weighted by molar-refractivity contribution is 7.99. The van der Waals surface area contributed by atoms with Crippen LogP contribution in [-0.4, -0.2) is 27.5 Å². The minimum absolute atomic E-state index is 0.255. The van der Waals surface area contributed by atoms with Gasteiger partial charge in [-0.1, -0.05) is 0 Å². The summed E-state index contributed by atoms with van der Waals surface area (Å²) in [6, 6.07) is 1.83. The zero-order valence-electron chi connectivity index (χ0n) is 4.74. The van der Waals surface area contributed by atoms with Crippen LogP contribution in [0.2, 0.25) is 0 Å². The molecule has 50 valence electrons. The molecular weight excluding hydrogens is 138 g/mol. The summed E-state index contributed by atoms with van der Waals surface area (Å²) >= 11 is 1.39. The fraction of sp³-hybridized carbons (Fsp3) is 0.800. The summed E-state index contributed by atoms with van der Waals surface area (Å²) < 4.78 is 0. The minimum atomic E-state index is -1.74. The van der Waals surface area contributed by atoms with Gasteiger partial charge in [0.25, 0.3) is 0 Å². The molecule has 2 N–H and O–H groups in total. The number of aliphatic hydroxyl groups is 2. The van der Waals surface area contributed by atoms with Crippen LogP contribution in [0.25, 0.3) is 0 Å². The zero-order valence-corrected chi connectivity index (χ0v) is 5.56. The van der Waals surface area contributed by atoms with Crippen molar-refractivity contribution in [1.82, 2.24) is 0 Å². The Morgan fingerprint density at radius 3 is 2.56 bits per heavy atom. The van der Waals surface area contributed by atoms with Crippen LogP contribution in [0.1, 0.15) is 0 Å². The summed E-state index contributed by atoms with van der Waals surface area (Å²) in [5.74, 6) is -1.56. The van der Waals surface area contributed by atoms with Crippen molar-refractivity contribution >= 4 is 11.8 Å². The van der Waals surface area contributed by atoms with Crippen LogP contribution >= 0.6 is 11.8 Å². The molecule has 0 aliphatic carbocycles. The first-order valence-electron chi connectivity index (χ1n) is 2.59. The second-order valence-electron chi connectivity index (χ2n) is 2.08. The summed E-state index contributed by atoms with van der Waals surface area (Å²) in [5, 5.41) is 26.3. The molecule has 0 aromatic rings. The highest BCUT2D eigenvalue weighted by Gasteiger charge is 2.39. The van der Waals surface area contributed by atoms with Gasteiger partial charge in [0.05, 0.1) is 6.07 Å². The molecule has 3 nitrogen and oxygen atoms in total. The molecule has 0 saturated carbocycles. The summed E-state index contributed by atoms with van der Waals surface area (Å²) in [5.41, 5.74) is 0. The number of hydrogen-bond donors (Lipinski definition) is 2. The van der Waals surface area contributed by atoms with Gasteiger partial charge in [-0.2, -0.15) is 17.0 Å². The Morgan fingerprint density at radius 1 is 1.67 bits per heavy atom. The summed E-state index contributed by atoms with van der Waals surface area (Å²) in [4.78, 5) is 0. The van der Waals surface area contributed by atoms with Crippen molar-refractivity contribution in [3.63, 3.8) is 0 Å². The van der Waals surface area contributed by atoms with Crippen LogP contribution in [0.5, 0.6) is 0 Å². The number of thioether (sulfide) groups is 1. The van der Waals surface area contributed by atoms with Gasteiger partial charge in [-0.3, -0.25) is 0 Å². The Balaban J connectivity index is 2.65. The summed E-state index contributed by atoms with van der Waals surface area (Å²) in [7, 11) is 0. The monoisotopic (exact) mass is 145 g/mol. The zero-order chi connectivity index (χ0) is 6.91. The van der Waals surface area contributed by atoms with Crippen LogP contribution in [0, 0.1) is 17.2 Å². The maximum absolute atomic E-state index is 8.97. The van der Waals surface area contributed by atoms with Crippen LogP contribution in [0.15, 0.2) is 0 Å². The van der Waals surface area contributed by atoms with Gasteiger partial charge in [0.15, 0.2) is 5.79 Å². The molecule has 1 heterocycles. The number of hydrogen-bond acceptors (Lipinski definition) is 4. The molecular formula is C5H7NO2S. The van der Waals surface area contributed by atoms with E-state index in [0.29, 0.717) is 5.75 Å². The van der Waals surface area contributed by atoms with Crippen molar-refractivity contribution in [3.05, 3.63) is 0 Å². The summed E-state index contributed by atoms with van der Waals surface area (Å²) in [6.45, 7) is 0. The van der Waals surface area contributed by atoms with Gasteiger partial charge in [-0.25, -0.2) is 0 Å². The van der Waals surface area contributed by atoms with E-state index in [1.807, 2.05) is 6.07 Å². The maximum Gasteiger partial charge on any atom is 0.188 e. The van der Waals surface area contributed by atoms with Crippen molar-refractivity contribution in [2.75, 3.05) is 11.5 Å². The molecule has 0 amide bonds. The third-order valence-corrected chi connectivity index (χ3v) is 2.51. The summed E-state index contributed by atoms with van der Waals surface area (Å²) in [6.07, 6.45) is 0. The second kappa shape index (κ2) is 2.18. The maximum atomic E-state index is 8.97. The van der Waals surface area contributed by atoms with E-state index in [9.17, 15) is 0 Å². The van der Waals surface area contributed by atoms with Crippen molar-refractivity contribution in [3.8, 4) is 6.07 Å². The Labute approximate surface area is 57.3 Å². The van der Waals surface area contributed by atoms with Crippen LogP contribution in [0.3, 0.4) is 0 Å². The minimum Gasteiger partial charge on any atom is -0.364 e. The molecule has 4 heteroatoms. The van der Waals surface area contributed by atoms with E-state index >= 15 is 0 Å². The Bertz CT molecular complexity index is 152. The molecule has 0 aromatic carbocycles. The lowest BCUT2D eigenvalue weighted by Gasteiger charge is -2.15. The molecule has 1 rings (SSSR count). The normalized spacial score (nSPS) is 31.9. The van der Waals surface area contributed by atoms with Gasteiger partial charge >= 0.3 is 0 Å². The molecule has 0 radical (unpaired) electrons.